The topological polar surface area (TPSA) is 26.3 Å². The van der Waals surface area contributed by atoms with Gasteiger partial charge in [-0.25, -0.2) is 0 Å². The molecule has 0 aromatic carbocycles. The number of carbonyl (C=O) groups is 1. The molecule has 3 atom stereocenters. The second kappa shape index (κ2) is 6.17. The molecule has 0 bridgehead atoms. The third-order valence-electron chi connectivity index (χ3n) is 6.10. The van der Waals surface area contributed by atoms with Crippen molar-refractivity contribution >= 4 is 5.78 Å². The van der Waals surface area contributed by atoms with Gasteiger partial charge in [0.25, 0.3) is 0 Å². The van der Waals surface area contributed by atoms with E-state index in [0.717, 1.165) is 31.6 Å². The molecule has 3 rings (SSSR count). The maximum Gasteiger partial charge on any atom is 0.136 e. The number of hydrogen-bond acceptors (Lipinski definition) is 2. The highest BCUT2D eigenvalue weighted by atomic mass is 16.5. The summed E-state index contributed by atoms with van der Waals surface area (Å²) in [4.78, 5) is 12.2. The molecule has 3 unspecified atom stereocenters. The first-order chi connectivity index (χ1) is 9.71. The van der Waals surface area contributed by atoms with Crippen molar-refractivity contribution in [1.82, 2.24) is 0 Å². The van der Waals surface area contributed by atoms with Gasteiger partial charge in [-0.15, -0.1) is 0 Å². The maximum atomic E-state index is 12.2. The Morgan fingerprint density at radius 2 is 1.95 bits per heavy atom. The molecule has 114 valence electrons. The van der Waals surface area contributed by atoms with Gasteiger partial charge in [-0.1, -0.05) is 32.6 Å². The fourth-order valence-electron chi connectivity index (χ4n) is 4.74. The van der Waals surface area contributed by atoms with Gasteiger partial charge in [-0.2, -0.15) is 0 Å². The third kappa shape index (κ3) is 3.10. The summed E-state index contributed by atoms with van der Waals surface area (Å²) in [6.07, 6.45) is 14.7. The summed E-state index contributed by atoms with van der Waals surface area (Å²) in [5, 5.41) is 0. The summed E-state index contributed by atoms with van der Waals surface area (Å²) in [7, 11) is 0. The molecule has 1 spiro atoms. The molecular weight excluding hydrogens is 248 g/mol. The van der Waals surface area contributed by atoms with Gasteiger partial charge in [-0.3, -0.25) is 4.79 Å². The van der Waals surface area contributed by atoms with Crippen LogP contribution in [-0.2, 0) is 9.53 Å². The molecule has 0 aromatic rings. The Morgan fingerprint density at radius 3 is 2.70 bits per heavy atom. The van der Waals surface area contributed by atoms with Crippen LogP contribution in [0.2, 0.25) is 0 Å². The molecule has 2 heteroatoms. The molecule has 0 aromatic heterocycles. The molecule has 1 heterocycles. The molecule has 0 amide bonds. The van der Waals surface area contributed by atoms with Crippen LogP contribution in [0.4, 0.5) is 0 Å². The van der Waals surface area contributed by atoms with Crippen molar-refractivity contribution in [2.75, 3.05) is 0 Å². The highest BCUT2D eigenvalue weighted by Crippen LogP contribution is 2.44. The summed E-state index contributed by atoms with van der Waals surface area (Å²) in [5.74, 6) is 1.60. The van der Waals surface area contributed by atoms with Crippen LogP contribution in [-0.4, -0.2) is 17.5 Å². The zero-order valence-corrected chi connectivity index (χ0v) is 13.0. The first-order valence-electron chi connectivity index (χ1n) is 8.91. The molecule has 0 N–H and O–H groups in total. The quantitative estimate of drug-likeness (QED) is 0.751. The third-order valence-corrected chi connectivity index (χ3v) is 6.10. The fourth-order valence-corrected chi connectivity index (χ4v) is 4.74. The largest absolute Gasteiger partial charge is 0.372 e. The molecule has 2 saturated carbocycles. The maximum absolute atomic E-state index is 12.2. The number of Topliss-reactive ketones (excluding diaryl/α,β-unsaturated/α-hetero) is 1. The molecule has 2 nitrogen and oxygen atoms in total. The van der Waals surface area contributed by atoms with Crippen LogP contribution in [0.25, 0.3) is 0 Å². The van der Waals surface area contributed by atoms with Crippen LogP contribution < -0.4 is 0 Å². The summed E-state index contributed by atoms with van der Waals surface area (Å²) < 4.78 is 6.46. The first-order valence-corrected chi connectivity index (χ1v) is 8.91. The monoisotopic (exact) mass is 278 g/mol. The van der Waals surface area contributed by atoms with Crippen LogP contribution in [0.15, 0.2) is 0 Å². The van der Waals surface area contributed by atoms with Crippen LogP contribution in [0.1, 0.15) is 84.0 Å². The highest BCUT2D eigenvalue weighted by Gasteiger charge is 2.42. The first kappa shape index (κ1) is 14.6. The van der Waals surface area contributed by atoms with E-state index in [9.17, 15) is 4.79 Å². The molecule has 2 aliphatic carbocycles. The second-order valence-corrected chi connectivity index (χ2v) is 7.47. The van der Waals surface area contributed by atoms with Gasteiger partial charge >= 0.3 is 0 Å². The Hall–Kier alpha value is -0.370. The van der Waals surface area contributed by atoms with E-state index < -0.39 is 0 Å². The Bertz CT molecular complexity index is 343. The zero-order chi connectivity index (χ0) is 14.0. The van der Waals surface area contributed by atoms with Gasteiger partial charge in [0, 0.05) is 12.3 Å². The fraction of sp³-hybridized carbons (Fsp3) is 0.944. The number of ether oxygens (including phenoxy) is 1. The predicted octanol–water partition coefficient (Wildman–Crippen LogP) is 4.65. The summed E-state index contributed by atoms with van der Waals surface area (Å²) in [6.45, 7) is 2.26. The van der Waals surface area contributed by atoms with E-state index in [1.165, 1.54) is 51.4 Å². The van der Waals surface area contributed by atoms with Gasteiger partial charge in [0.05, 0.1) is 11.7 Å². The van der Waals surface area contributed by atoms with Crippen LogP contribution >= 0.6 is 0 Å². The van der Waals surface area contributed by atoms with E-state index in [-0.39, 0.29) is 5.60 Å². The van der Waals surface area contributed by atoms with Gasteiger partial charge < -0.3 is 4.74 Å². The van der Waals surface area contributed by atoms with Crippen molar-refractivity contribution in [2.24, 2.45) is 11.8 Å². The van der Waals surface area contributed by atoms with E-state index in [1.54, 1.807) is 0 Å². The van der Waals surface area contributed by atoms with E-state index in [1.807, 2.05) is 0 Å². The normalized spacial score (nSPS) is 37.5. The highest BCUT2D eigenvalue weighted by molar-refractivity contribution is 5.81. The van der Waals surface area contributed by atoms with Crippen molar-refractivity contribution in [3.8, 4) is 0 Å². The van der Waals surface area contributed by atoms with Crippen molar-refractivity contribution in [1.29, 1.82) is 0 Å². The Kier molecular flexibility index (Phi) is 4.49. The van der Waals surface area contributed by atoms with E-state index >= 15 is 0 Å². The molecule has 3 fully saturated rings. The molecule has 1 saturated heterocycles. The lowest BCUT2D eigenvalue weighted by molar-refractivity contribution is -0.128. The number of carbonyl (C=O) groups excluding carboxylic acids is 1. The Labute approximate surface area is 123 Å². The number of rotatable bonds is 3. The Morgan fingerprint density at radius 1 is 1.15 bits per heavy atom. The average Bonchev–Trinajstić information content (AvgIpc) is 2.84. The standard InChI is InChI=1S/C18H30O2/c1-2-14-6-7-17(19)15(12-14)13-16-8-11-18(20-16)9-4-3-5-10-18/h14-16H,2-13H2,1H3. The lowest BCUT2D eigenvalue weighted by atomic mass is 9.77. The molecule has 20 heavy (non-hydrogen) atoms. The SMILES string of the molecule is CCC1CCC(=O)C(CC2CCC3(CCCCC3)O2)C1. The molecule has 3 aliphatic rings. The predicted molar refractivity (Wildman–Crippen MR) is 80.7 cm³/mol. The van der Waals surface area contributed by atoms with Gasteiger partial charge in [0.15, 0.2) is 0 Å². The molecular formula is C18H30O2. The average molecular weight is 278 g/mol. The summed E-state index contributed by atoms with van der Waals surface area (Å²) in [5.41, 5.74) is 0.213. The van der Waals surface area contributed by atoms with Gasteiger partial charge in [-0.05, 0) is 50.9 Å². The summed E-state index contributed by atoms with van der Waals surface area (Å²) >= 11 is 0. The second-order valence-electron chi connectivity index (χ2n) is 7.47. The van der Waals surface area contributed by atoms with Crippen LogP contribution in [0.5, 0.6) is 0 Å². The molecule has 0 radical (unpaired) electrons. The van der Waals surface area contributed by atoms with E-state index in [4.69, 9.17) is 4.74 Å². The molecule has 1 aliphatic heterocycles. The lowest BCUT2D eigenvalue weighted by Crippen LogP contribution is -2.33. The smallest absolute Gasteiger partial charge is 0.136 e. The van der Waals surface area contributed by atoms with E-state index in [0.29, 0.717) is 17.8 Å². The minimum atomic E-state index is 0.213. The van der Waals surface area contributed by atoms with Crippen molar-refractivity contribution < 1.29 is 9.53 Å². The summed E-state index contributed by atoms with van der Waals surface area (Å²) in [6, 6.07) is 0. The van der Waals surface area contributed by atoms with Gasteiger partial charge in [0.1, 0.15) is 5.78 Å². The van der Waals surface area contributed by atoms with Crippen molar-refractivity contribution in [3.63, 3.8) is 0 Å². The minimum absolute atomic E-state index is 0.213. The van der Waals surface area contributed by atoms with Gasteiger partial charge in [0.2, 0.25) is 0 Å². The minimum Gasteiger partial charge on any atom is -0.372 e. The lowest BCUT2D eigenvalue weighted by Gasteiger charge is -2.34. The van der Waals surface area contributed by atoms with E-state index in [2.05, 4.69) is 6.92 Å². The number of hydrogen-bond donors (Lipinski definition) is 0. The Balaban J connectivity index is 1.54. The van der Waals surface area contributed by atoms with Crippen LogP contribution in [0, 0.1) is 11.8 Å². The zero-order valence-electron chi connectivity index (χ0n) is 13.0. The number of ketones is 1. The van der Waals surface area contributed by atoms with Crippen LogP contribution in [0.3, 0.4) is 0 Å². The van der Waals surface area contributed by atoms with Crippen molar-refractivity contribution in [3.05, 3.63) is 0 Å². The van der Waals surface area contributed by atoms with Crippen molar-refractivity contribution in [2.45, 2.75) is 95.7 Å².